The molecular formula is C19H25NO4. The maximum absolute atomic E-state index is 8.51. The van der Waals surface area contributed by atoms with Crippen LogP contribution in [0.5, 0.6) is 17.2 Å². The molecular weight excluding hydrogens is 306 g/mol. The third kappa shape index (κ3) is 8.19. The van der Waals surface area contributed by atoms with E-state index >= 15 is 0 Å². The van der Waals surface area contributed by atoms with Crippen molar-refractivity contribution in [3.63, 3.8) is 0 Å². The zero-order chi connectivity index (χ0) is 17.6. The van der Waals surface area contributed by atoms with Gasteiger partial charge in [-0.05, 0) is 57.2 Å². The molecule has 2 rings (SSSR count). The minimum atomic E-state index is 0.259. The van der Waals surface area contributed by atoms with Gasteiger partial charge in [-0.2, -0.15) is 0 Å². The van der Waals surface area contributed by atoms with Crippen molar-refractivity contribution in [3.05, 3.63) is 54.6 Å². The zero-order valence-corrected chi connectivity index (χ0v) is 14.4. The number of rotatable bonds is 7. The SMILES string of the molecule is CC(COc1ccc(Oc2ccccc2)cc1)=NO.CCOCC. The van der Waals surface area contributed by atoms with Gasteiger partial charge >= 0.3 is 0 Å². The van der Waals surface area contributed by atoms with E-state index in [0.29, 0.717) is 11.5 Å². The smallest absolute Gasteiger partial charge is 0.129 e. The van der Waals surface area contributed by atoms with Crippen LogP contribution >= 0.6 is 0 Å². The quantitative estimate of drug-likeness (QED) is 0.452. The molecule has 0 bridgehead atoms. The first-order valence-electron chi connectivity index (χ1n) is 7.90. The molecule has 5 nitrogen and oxygen atoms in total. The van der Waals surface area contributed by atoms with Crippen LogP contribution in [-0.4, -0.2) is 30.7 Å². The number of hydrogen-bond acceptors (Lipinski definition) is 5. The fourth-order valence-corrected chi connectivity index (χ4v) is 1.65. The molecule has 0 fully saturated rings. The molecule has 130 valence electrons. The summed E-state index contributed by atoms with van der Waals surface area (Å²) in [7, 11) is 0. The molecule has 0 atom stereocenters. The molecule has 0 aliphatic rings. The highest BCUT2D eigenvalue weighted by atomic mass is 16.5. The van der Waals surface area contributed by atoms with Crippen LogP contribution in [0.25, 0.3) is 0 Å². The summed E-state index contributed by atoms with van der Waals surface area (Å²) in [6, 6.07) is 16.8. The molecule has 0 unspecified atom stereocenters. The maximum atomic E-state index is 8.51. The molecule has 0 aliphatic carbocycles. The van der Waals surface area contributed by atoms with Gasteiger partial charge in [0.2, 0.25) is 0 Å². The van der Waals surface area contributed by atoms with E-state index in [-0.39, 0.29) is 6.61 Å². The summed E-state index contributed by atoms with van der Waals surface area (Å²) in [4.78, 5) is 0. The molecule has 0 saturated carbocycles. The second-order valence-corrected chi connectivity index (χ2v) is 4.79. The first-order valence-corrected chi connectivity index (χ1v) is 7.90. The van der Waals surface area contributed by atoms with Gasteiger partial charge in [0.25, 0.3) is 0 Å². The Balaban J connectivity index is 0.000000505. The molecule has 2 aromatic rings. The number of ether oxygens (including phenoxy) is 3. The van der Waals surface area contributed by atoms with E-state index in [2.05, 4.69) is 5.16 Å². The zero-order valence-electron chi connectivity index (χ0n) is 14.4. The van der Waals surface area contributed by atoms with Crippen LogP contribution in [0, 0.1) is 0 Å². The van der Waals surface area contributed by atoms with Crippen LogP contribution in [0.3, 0.4) is 0 Å². The van der Waals surface area contributed by atoms with Crippen molar-refractivity contribution >= 4 is 5.71 Å². The lowest BCUT2D eigenvalue weighted by atomic mass is 10.3. The summed E-state index contributed by atoms with van der Waals surface area (Å²) in [6.07, 6.45) is 0. The fraction of sp³-hybridized carbons (Fsp3) is 0.316. The summed E-state index contributed by atoms with van der Waals surface area (Å²) in [5.74, 6) is 2.23. The Bertz CT molecular complexity index is 580. The highest BCUT2D eigenvalue weighted by Crippen LogP contribution is 2.23. The van der Waals surface area contributed by atoms with E-state index in [4.69, 9.17) is 19.4 Å². The molecule has 0 spiro atoms. The molecule has 1 N–H and O–H groups in total. The molecule has 24 heavy (non-hydrogen) atoms. The van der Waals surface area contributed by atoms with Crippen molar-refractivity contribution in [1.29, 1.82) is 0 Å². The Morgan fingerprint density at radius 3 is 1.92 bits per heavy atom. The topological polar surface area (TPSA) is 60.3 Å². The first kappa shape index (κ1) is 19.5. The van der Waals surface area contributed by atoms with Crippen LogP contribution in [0.1, 0.15) is 20.8 Å². The van der Waals surface area contributed by atoms with Crippen molar-refractivity contribution in [2.24, 2.45) is 5.16 Å². The van der Waals surface area contributed by atoms with Gasteiger partial charge in [-0.1, -0.05) is 23.4 Å². The Morgan fingerprint density at radius 2 is 1.42 bits per heavy atom. The average molecular weight is 331 g/mol. The average Bonchev–Trinajstić information content (AvgIpc) is 2.63. The van der Waals surface area contributed by atoms with Crippen molar-refractivity contribution in [2.45, 2.75) is 20.8 Å². The molecule has 0 aromatic heterocycles. The molecule has 2 aromatic carbocycles. The fourth-order valence-electron chi connectivity index (χ4n) is 1.65. The van der Waals surface area contributed by atoms with E-state index in [9.17, 15) is 0 Å². The van der Waals surface area contributed by atoms with E-state index in [1.807, 2.05) is 68.4 Å². The van der Waals surface area contributed by atoms with Gasteiger partial charge in [-0.25, -0.2) is 0 Å². The normalized spacial score (nSPS) is 10.5. The van der Waals surface area contributed by atoms with E-state index in [1.54, 1.807) is 6.92 Å². The number of hydrogen-bond donors (Lipinski definition) is 1. The Kier molecular flexibility index (Phi) is 9.73. The largest absolute Gasteiger partial charge is 0.488 e. The minimum Gasteiger partial charge on any atom is -0.488 e. The third-order valence-electron chi connectivity index (χ3n) is 2.83. The monoisotopic (exact) mass is 331 g/mol. The molecule has 5 heteroatoms. The Hall–Kier alpha value is -2.53. The van der Waals surface area contributed by atoms with Gasteiger partial charge in [0.05, 0.1) is 5.71 Å². The highest BCUT2D eigenvalue weighted by Gasteiger charge is 1.99. The number of nitrogens with zero attached hydrogens (tertiary/aromatic N) is 1. The maximum Gasteiger partial charge on any atom is 0.129 e. The second kappa shape index (κ2) is 12.0. The third-order valence-corrected chi connectivity index (χ3v) is 2.83. The molecule has 0 aliphatic heterocycles. The van der Waals surface area contributed by atoms with E-state index in [0.717, 1.165) is 24.7 Å². The summed E-state index contributed by atoms with van der Waals surface area (Å²) in [6.45, 7) is 7.61. The number of oxime groups is 1. The number of para-hydroxylation sites is 1. The first-order chi connectivity index (χ1) is 11.7. The van der Waals surface area contributed by atoms with Crippen molar-refractivity contribution < 1.29 is 19.4 Å². The minimum absolute atomic E-state index is 0.259. The Morgan fingerprint density at radius 1 is 0.875 bits per heavy atom. The van der Waals surface area contributed by atoms with E-state index < -0.39 is 0 Å². The van der Waals surface area contributed by atoms with Crippen LogP contribution in [0.15, 0.2) is 59.8 Å². The van der Waals surface area contributed by atoms with Crippen LogP contribution in [0.2, 0.25) is 0 Å². The van der Waals surface area contributed by atoms with Crippen LogP contribution in [-0.2, 0) is 4.74 Å². The predicted octanol–water partition coefficient (Wildman–Crippen LogP) is 4.75. The lowest BCUT2D eigenvalue weighted by Crippen LogP contribution is -2.07. The van der Waals surface area contributed by atoms with Crippen LogP contribution in [0.4, 0.5) is 0 Å². The molecule has 0 amide bonds. The van der Waals surface area contributed by atoms with Crippen molar-refractivity contribution in [3.8, 4) is 17.2 Å². The summed E-state index contributed by atoms with van der Waals surface area (Å²) in [5, 5.41) is 11.6. The second-order valence-electron chi connectivity index (χ2n) is 4.79. The van der Waals surface area contributed by atoms with Gasteiger partial charge in [0.15, 0.2) is 0 Å². The van der Waals surface area contributed by atoms with Crippen LogP contribution < -0.4 is 9.47 Å². The van der Waals surface area contributed by atoms with Gasteiger partial charge in [0.1, 0.15) is 23.9 Å². The molecule has 0 radical (unpaired) electrons. The van der Waals surface area contributed by atoms with Gasteiger partial charge < -0.3 is 19.4 Å². The molecule has 0 heterocycles. The van der Waals surface area contributed by atoms with Crippen molar-refractivity contribution in [1.82, 2.24) is 0 Å². The highest BCUT2D eigenvalue weighted by molar-refractivity contribution is 5.82. The predicted molar refractivity (Wildman–Crippen MR) is 95.5 cm³/mol. The summed E-state index contributed by atoms with van der Waals surface area (Å²) >= 11 is 0. The van der Waals surface area contributed by atoms with Gasteiger partial charge in [-0.3, -0.25) is 0 Å². The van der Waals surface area contributed by atoms with Gasteiger partial charge in [0, 0.05) is 13.2 Å². The van der Waals surface area contributed by atoms with Gasteiger partial charge in [-0.15, -0.1) is 0 Å². The van der Waals surface area contributed by atoms with Crippen molar-refractivity contribution in [2.75, 3.05) is 19.8 Å². The molecule has 0 saturated heterocycles. The number of benzene rings is 2. The standard InChI is InChI=1S/C15H15NO3.C4H10O/c1-12(16-17)11-18-13-7-9-15(10-8-13)19-14-5-3-2-4-6-14;1-3-5-4-2/h2-10,17H,11H2,1H3;3-4H2,1-2H3. The lowest BCUT2D eigenvalue weighted by molar-refractivity contribution is 0.162. The Labute approximate surface area is 143 Å². The lowest BCUT2D eigenvalue weighted by Gasteiger charge is -2.07. The van der Waals surface area contributed by atoms with E-state index in [1.165, 1.54) is 0 Å². The summed E-state index contributed by atoms with van der Waals surface area (Å²) < 4.78 is 15.9. The summed E-state index contributed by atoms with van der Waals surface area (Å²) in [5.41, 5.74) is 0.518.